The molecule has 132 valence electrons. The fourth-order valence-corrected chi connectivity index (χ4v) is 8.28. The molecule has 1 aromatic carbocycles. The largest absolute Gasteiger partial charge is 1.00 e. The van der Waals surface area contributed by atoms with Crippen LogP contribution in [0.25, 0.3) is 0 Å². The van der Waals surface area contributed by atoms with Gasteiger partial charge in [0.2, 0.25) is 0 Å². The fraction of sp³-hybridized carbons (Fsp3) is 0.474. The van der Waals surface area contributed by atoms with Crippen molar-refractivity contribution in [3.63, 3.8) is 0 Å². The van der Waals surface area contributed by atoms with Crippen molar-refractivity contribution >= 4 is 13.3 Å². The van der Waals surface area contributed by atoms with Gasteiger partial charge in [-0.3, -0.25) is 0 Å². The average Bonchev–Trinajstić information content (AvgIpc) is 2.71. The second-order valence-corrected chi connectivity index (χ2v) is 14.6. The normalized spacial score (nSPS) is 19.8. The van der Waals surface area contributed by atoms with Gasteiger partial charge in [0.05, 0.1) is 0 Å². The maximum Gasteiger partial charge on any atom is -1.00 e. The number of rotatable bonds is 2. The van der Waals surface area contributed by atoms with Gasteiger partial charge in [0.25, 0.3) is 0 Å². The molecule has 0 amide bonds. The Morgan fingerprint density at radius 3 is 1.79 bits per heavy atom. The third-order valence-electron chi connectivity index (χ3n) is 4.77. The van der Waals surface area contributed by atoms with Crippen LogP contribution in [0.5, 0.6) is 0 Å². The maximum absolute atomic E-state index is 2.52. The van der Waals surface area contributed by atoms with Crippen LogP contribution in [0.2, 0.25) is 16.4 Å². The summed E-state index contributed by atoms with van der Waals surface area (Å²) < 4.78 is 0.200. The van der Waals surface area contributed by atoms with Crippen molar-refractivity contribution in [1.29, 1.82) is 0 Å². The molecule has 2 rings (SSSR count). The molecule has 0 heterocycles. The van der Waals surface area contributed by atoms with Crippen molar-refractivity contribution in [3.05, 3.63) is 53.1 Å². The summed E-state index contributed by atoms with van der Waals surface area (Å²) in [6.07, 6.45) is 7.09. The molecule has 0 saturated heterocycles. The Hall–Kier alpha value is 0.501. The van der Waals surface area contributed by atoms with Gasteiger partial charge in [-0.1, -0.05) is 0 Å². The van der Waals surface area contributed by atoms with E-state index in [0.29, 0.717) is 0 Å². The van der Waals surface area contributed by atoms with Crippen LogP contribution >= 0.6 is 0 Å². The molecule has 5 heteroatoms. The molecule has 0 aliphatic heterocycles. The van der Waals surface area contributed by atoms with Crippen LogP contribution < -0.4 is 42.4 Å². The Kier molecular flexibility index (Phi) is 9.95. The van der Waals surface area contributed by atoms with E-state index in [1.165, 1.54) is 11.1 Å². The van der Waals surface area contributed by atoms with Crippen molar-refractivity contribution in [1.82, 2.24) is 0 Å². The molecule has 24 heavy (non-hydrogen) atoms. The number of hydrogen-bond donors (Lipinski definition) is 0. The van der Waals surface area contributed by atoms with E-state index in [9.17, 15) is 0 Å². The van der Waals surface area contributed by atoms with Gasteiger partial charge in [0.1, 0.15) is 0 Å². The van der Waals surface area contributed by atoms with E-state index in [2.05, 4.69) is 105 Å². The number of hydrogen-bond acceptors (Lipinski definition) is 0. The minimum atomic E-state index is -1.66. The van der Waals surface area contributed by atoms with Gasteiger partial charge in [0, 0.05) is 0 Å². The van der Waals surface area contributed by atoms with Crippen LogP contribution in [0.4, 0.5) is 0 Å². The van der Waals surface area contributed by atoms with Crippen molar-refractivity contribution in [2.45, 2.75) is 51.1 Å². The van der Waals surface area contributed by atoms with Gasteiger partial charge in [0.15, 0.2) is 0 Å². The van der Waals surface area contributed by atoms with E-state index in [0.717, 1.165) is 0 Å². The Balaban J connectivity index is 0. The third-order valence-corrected chi connectivity index (χ3v) is 12.5. The number of halogens is 3. The predicted molar refractivity (Wildman–Crippen MR) is 92.4 cm³/mol. The SMILES string of the molecule is Cc1cc(C)cc([Si](C)(C)[C]2([Ti+3])C=CC=C2C(C)(C)C)c1.[Cl-].[Cl-].[Cl-]. The van der Waals surface area contributed by atoms with Crippen molar-refractivity contribution in [2.24, 2.45) is 5.41 Å². The summed E-state index contributed by atoms with van der Waals surface area (Å²) in [6, 6.07) is 7.11. The van der Waals surface area contributed by atoms with Crippen LogP contribution in [-0.2, 0) is 20.4 Å². The monoisotopic (exact) mass is 436 g/mol. The molecule has 0 nitrogen and oxygen atoms in total. The quantitative estimate of drug-likeness (QED) is 0.414. The molecule has 0 N–H and O–H groups in total. The topological polar surface area (TPSA) is 0 Å². The van der Waals surface area contributed by atoms with E-state index in [4.69, 9.17) is 0 Å². The first kappa shape index (κ1) is 26.7. The number of aryl methyl sites for hydroxylation is 2. The Morgan fingerprint density at radius 2 is 1.38 bits per heavy atom. The van der Waals surface area contributed by atoms with Crippen molar-refractivity contribution < 1.29 is 57.7 Å². The Bertz CT molecular complexity index is 610. The summed E-state index contributed by atoms with van der Waals surface area (Å²) in [5.41, 5.74) is 4.59. The molecular weight excluding hydrogens is 411 g/mol. The molecule has 0 aromatic heterocycles. The molecule has 0 bridgehead atoms. The summed E-state index contributed by atoms with van der Waals surface area (Å²) >= 11 is 2.46. The number of allylic oxidation sites excluding steroid dienone is 4. The van der Waals surface area contributed by atoms with E-state index in [1.807, 2.05) is 0 Å². The summed E-state index contributed by atoms with van der Waals surface area (Å²) in [6.45, 7) is 16.5. The van der Waals surface area contributed by atoms with Gasteiger partial charge < -0.3 is 37.2 Å². The summed E-state index contributed by atoms with van der Waals surface area (Å²) in [4.78, 5) is 0. The molecule has 1 unspecified atom stereocenters. The van der Waals surface area contributed by atoms with Crippen LogP contribution in [0.1, 0.15) is 31.9 Å². The van der Waals surface area contributed by atoms with Crippen molar-refractivity contribution in [3.8, 4) is 0 Å². The van der Waals surface area contributed by atoms with Gasteiger partial charge >= 0.3 is 143 Å². The zero-order chi connectivity index (χ0) is 16.1. The molecule has 1 aliphatic rings. The third kappa shape index (κ3) is 4.81. The standard InChI is InChI=1S/C19H27Si.3ClH.Ti/c1-14-11-15(2)13-16(12-14)20(6,7)18-10-8-9-17(18)19(3,4)5;;;;/h8-13H,1-7H3;3*1H;/q;;;;+3/p-3. The Labute approximate surface area is 179 Å². The number of benzene rings is 1. The fourth-order valence-electron chi connectivity index (χ4n) is 3.46. The molecule has 1 aliphatic carbocycles. The molecule has 0 saturated carbocycles. The summed E-state index contributed by atoms with van der Waals surface area (Å²) in [7, 11) is -1.66. The van der Waals surface area contributed by atoms with Crippen LogP contribution in [0.15, 0.2) is 42.0 Å². The average molecular weight is 438 g/mol. The first-order valence-corrected chi connectivity index (χ1v) is 11.5. The first-order chi connectivity index (χ1) is 9.48. The zero-order valence-corrected chi connectivity index (χ0v) is 20.4. The van der Waals surface area contributed by atoms with Crippen molar-refractivity contribution in [2.75, 3.05) is 0 Å². The van der Waals surface area contributed by atoms with Gasteiger partial charge in [-0.25, -0.2) is 0 Å². The van der Waals surface area contributed by atoms with Crippen LogP contribution in [0, 0.1) is 19.3 Å². The van der Waals surface area contributed by atoms with E-state index < -0.39 is 8.07 Å². The molecule has 1 atom stereocenters. The van der Waals surface area contributed by atoms with Gasteiger partial charge in [-0.05, 0) is 0 Å². The molecule has 0 spiro atoms. The van der Waals surface area contributed by atoms with Gasteiger partial charge in [-0.15, -0.1) is 0 Å². The minimum absolute atomic E-state index is 0. The molecule has 0 radical (unpaired) electrons. The smallest absolute Gasteiger partial charge is 1.00 e. The van der Waals surface area contributed by atoms with Crippen LogP contribution in [0.3, 0.4) is 0 Å². The predicted octanol–water partition coefficient (Wildman–Crippen LogP) is -3.98. The van der Waals surface area contributed by atoms with Gasteiger partial charge in [-0.2, -0.15) is 0 Å². The molecule has 1 aromatic rings. The summed E-state index contributed by atoms with van der Waals surface area (Å²) in [5.74, 6) is 0. The van der Waals surface area contributed by atoms with E-state index in [-0.39, 0.29) is 46.0 Å². The first-order valence-electron chi connectivity index (χ1n) is 7.73. The second-order valence-electron chi connectivity index (χ2n) is 8.00. The van der Waals surface area contributed by atoms with E-state index in [1.54, 1.807) is 10.8 Å². The minimum Gasteiger partial charge on any atom is -1.00 e. The molecule has 0 fully saturated rings. The van der Waals surface area contributed by atoms with E-state index >= 15 is 0 Å². The van der Waals surface area contributed by atoms with Crippen LogP contribution in [-0.4, -0.2) is 8.07 Å². The Morgan fingerprint density at radius 1 is 0.917 bits per heavy atom. The second kappa shape index (κ2) is 8.93. The molecular formula is C19H27Cl3SiTi. The zero-order valence-electron chi connectivity index (χ0n) is 15.6. The maximum atomic E-state index is 2.52. The summed E-state index contributed by atoms with van der Waals surface area (Å²) in [5, 5.41) is 1.57.